The highest BCUT2D eigenvalue weighted by Crippen LogP contribution is 2.30. The van der Waals surface area contributed by atoms with E-state index in [0.717, 1.165) is 5.56 Å². The Morgan fingerprint density at radius 3 is 2.68 bits per heavy atom. The minimum atomic E-state index is -0.929. The van der Waals surface area contributed by atoms with Crippen molar-refractivity contribution in [1.29, 1.82) is 0 Å². The fourth-order valence-corrected chi connectivity index (χ4v) is 3.65. The van der Waals surface area contributed by atoms with Gasteiger partial charge in [0.1, 0.15) is 29.4 Å². The van der Waals surface area contributed by atoms with Gasteiger partial charge >= 0.3 is 6.09 Å². The lowest BCUT2D eigenvalue weighted by molar-refractivity contribution is -0.120. The summed E-state index contributed by atoms with van der Waals surface area (Å²) in [4.78, 5) is 43.0. The number of hydrogen-bond donors (Lipinski definition) is 4. The van der Waals surface area contributed by atoms with Crippen molar-refractivity contribution in [3.63, 3.8) is 0 Å². The van der Waals surface area contributed by atoms with Crippen molar-refractivity contribution in [3.05, 3.63) is 65.9 Å². The second-order valence-corrected chi connectivity index (χ2v) is 7.87. The number of carbonyl (C=O) groups excluding carboxylic acids is 3. The van der Waals surface area contributed by atoms with E-state index in [-0.39, 0.29) is 18.0 Å². The minimum absolute atomic E-state index is 0.0630. The molecule has 1 fully saturated rings. The third kappa shape index (κ3) is 4.59. The molecule has 6 N–H and O–H groups in total. The van der Waals surface area contributed by atoms with E-state index in [9.17, 15) is 18.8 Å². The van der Waals surface area contributed by atoms with Crippen LogP contribution in [0.4, 0.5) is 20.7 Å². The molecule has 2 heterocycles. The topological polar surface area (TPSA) is 156 Å². The number of amides is 2. The summed E-state index contributed by atoms with van der Waals surface area (Å²) in [5.41, 5.74) is 13.4. The third-order valence-electron chi connectivity index (χ3n) is 5.58. The zero-order chi connectivity index (χ0) is 24.4. The number of rotatable bonds is 8. The number of ketones is 1. The summed E-state index contributed by atoms with van der Waals surface area (Å²) in [5.74, 6) is -1.07. The number of aromatic amines is 1. The SMILES string of the molecule is CC(=O)[C@@H](N)C1CN(c2ccc(-c3ccc(CNc4nc[nH]c4C(N)=O)cc3)c(F)c2)C(=O)O1. The third-order valence-corrected chi connectivity index (χ3v) is 5.58. The number of halogens is 1. The lowest BCUT2D eigenvalue weighted by atomic mass is 10.0. The van der Waals surface area contributed by atoms with Gasteiger partial charge < -0.3 is 26.5 Å². The number of nitrogens with one attached hydrogen (secondary N) is 2. The number of H-pyrrole nitrogens is 1. The summed E-state index contributed by atoms with van der Waals surface area (Å²) >= 11 is 0. The van der Waals surface area contributed by atoms with Gasteiger partial charge in [0, 0.05) is 12.1 Å². The first-order valence-corrected chi connectivity index (χ1v) is 10.4. The number of benzene rings is 2. The van der Waals surface area contributed by atoms with Crippen molar-refractivity contribution in [2.24, 2.45) is 11.5 Å². The molecule has 4 rings (SSSR count). The van der Waals surface area contributed by atoms with Gasteiger partial charge in [-0.1, -0.05) is 24.3 Å². The van der Waals surface area contributed by atoms with Gasteiger partial charge in [0.05, 0.1) is 18.6 Å². The molecule has 1 aromatic heterocycles. The number of aromatic nitrogens is 2. The van der Waals surface area contributed by atoms with Crippen LogP contribution in [0.2, 0.25) is 0 Å². The van der Waals surface area contributed by atoms with Crippen molar-refractivity contribution >= 4 is 29.3 Å². The summed E-state index contributed by atoms with van der Waals surface area (Å²) in [5, 5.41) is 3.03. The molecule has 1 aliphatic rings. The molecular weight excluding hydrogens is 443 g/mol. The number of nitrogens with zero attached hydrogens (tertiary/aromatic N) is 2. The Morgan fingerprint density at radius 1 is 1.29 bits per heavy atom. The largest absolute Gasteiger partial charge is 0.442 e. The van der Waals surface area contributed by atoms with Crippen LogP contribution in [0.25, 0.3) is 11.1 Å². The molecule has 0 aliphatic carbocycles. The van der Waals surface area contributed by atoms with Crippen molar-refractivity contribution < 1.29 is 23.5 Å². The quantitative estimate of drug-likeness (QED) is 0.396. The molecule has 11 heteroatoms. The van der Waals surface area contributed by atoms with E-state index in [1.165, 1.54) is 24.2 Å². The molecule has 1 saturated heterocycles. The number of Topliss-reactive ketones (excluding diaryl/α,β-unsaturated/α-hetero) is 1. The summed E-state index contributed by atoms with van der Waals surface area (Å²) in [6.45, 7) is 1.77. The van der Waals surface area contributed by atoms with E-state index in [2.05, 4.69) is 15.3 Å². The molecule has 0 saturated carbocycles. The van der Waals surface area contributed by atoms with Gasteiger partial charge in [-0.05, 0) is 36.2 Å². The van der Waals surface area contributed by atoms with Crippen molar-refractivity contribution in [2.45, 2.75) is 25.6 Å². The Morgan fingerprint density at radius 2 is 2.03 bits per heavy atom. The second-order valence-electron chi connectivity index (χ2n) is 7.87. The highest BCUT2D eigenvalue weighted by Gasteiger charge is 2.37. The van der Waals surface area contributed by atoms with Gasteiger partial charge in [0.25, 0.3) is 5.91 Å². The van der Waals surface area contributed by atoms with Gasteiger partial charge in [-0.3, -0.25) is 14.5 Å². The second kappa shape index (κ2) is 9.32. The molecule has 10 nitrogen and oxygen atoms in total. The van der Waals surface area contributed by atoms with Crippen LogP contribution in [-0.4, -0.2) is 46.4 Å². The summed E-state index contributed by atoms with van der Waals surface area (Å²) in [6, 6.07) is 10.7. The van der Waals surface area contributed by atoms with Crippen LogP contribution in [-0.2, 0) is 16.1 Å². The van der Waals surface area contributed by atoms with Gasteiger partial charge in [0.15, 0.2) is 5.82 Å². The highest BCUT2D eigenvalue weighted by atomic mass is 19.1. The number of nitrogens with two attached hydrogens (primary N) is 2. The molecule has 176 valence electrons. The van der Waals surface area contributed by atoms with Crippen molar-refractivity contribution in [2.75, 3.05) is 16.8 Å². The Balaban J connectivity index is 1.45. The van der Waals surface area contributed by atoms with Gasteiger partial charge in [-0.2, -0.15) is 0 Å². The molecule has 34 heavy (non-hydrogen) atoms. The van der Waals surface area contributed by atoms with E-state index >= 15 is 0 Å². The van der Waals surface area contributed by atoms with E-state index in [1.807, 2.05) is 12.1 Å². The Hall–Kier alpha value is -4.25. The number of ether oxygens (including phenoxy) is 1. The van der Waals surface area contributed by atoms with E-state index in [1.54, 1.807) is 24.3 Å². The normalized spacial score (nSPS) is 16.3. The van der Waals surface area contributed by atoms with Crippen LogP contribution in [0.3, 0.4) is 0 Å². The first-order chi connectivity index (χ1) is 16.2. The molecule has 1 aliphatic heterocycles. The smallest absolute Gasteiger partial charge is 0.414 e. The predicted octanol–water partition coefficient (Wildman–Crippen LogP) is 2.17. The van der Waals surface area contributed by atoms with Crippen LogP contribution in [0.1, 0.15) is 23.0 Å². The van der Waals surface area contributed by atoms with Crippen molar-refractivity contribution in [1.82, 2.24) is 9.97 Å². The molecule has 0 spiro atoms. The minimum Gasteiger partial charge on any atom is -0.442 e. The molecule has 0 bridgehead atoms. The average molecular weight is 466 g/mol. The number of cyclic esters (lactones) is 1. The van der Waals surface area contributed by atoms with Crippen LogP contribution in [0, 0.1) is 5.82 Å². The van der Waals surface area contributed by atoms with Crippen LogP contribution >= 0.6 is 0 Å². The average Bonchev–Trinajstić information content (AvgIpc) is 3.44. The number of carbonyl (C=O) groups is 3. The molecule has 2 amide bonds. The van der Waals surface area contributed by atoms with Gasteiger partial charge in [-0.15, -0.1) is 0 Å². The summed E-state index contributed by atoms with van der Waals surface area (Å²) in [6.07, 6.45) is -0.0889. The van der Waals surface area contributed by atoms with E-state index in [4.69, 9.17) is 16.2 Å². The van der Waals surface area contributed by atoms with Crippen LogP contribution < -0.4 is 21.7 Å². The van der Waals surface area contributed by atoms with Crippen LogP contribution in [0.5, 0.6) is 0 Å². The van der Waals surface area contributed by atoms with Crippen molar-refractivity contribution in [3.8, 4) is 11.1 Å². The molecule has 3 aromatic rings. The Bertz CT molecular complexity index is 1240. The number of anilines is 2. The van der Waals surface area contributed by atoms with Crippen LogP contribution in [0.15, 0.2) is 48.8 Å². The maximum Gasteiger partial charge on any atom is 0.414 e. The number of hydrogen-bond acceptors (Lipinski definition) is 7. The fraction of sp³-hybridized carbons (Fsp3) is 0.217. The molecule has 2 atom stereocenters. The predicted molar refractivity (Wildman–Crippen MR) is 123 cm³/mol. The lowest BCUT2D eigenvalue weighted by Crippen LogP contribution is -2.43. The number of primary amides is 1. The van der Waals surface area contributed by atoms with E-state index < -0.39 is 30.0 Å². The van der Waals surface area contributed by atoms with Gasteiger partial charge in [-0.25, -0.2) is 14.2 Å². The zero-order valence-electron chi connectivity index (χ0n) is 18.2. The zero-order valence-corrected chi connectivity index (χ0v) is 18.2. The first-order valence-electron chi connectivity index (χ1n) is 10.4. The summed E-state index contributed by atoms with van der Waals surface area (Å²) in [7, 11) is 0. The van der Waals surface area contributed by atoms with Gasteiger partial charge in [0.2, 0.25) is 0 Å². The molecular formula is C23H23FN6O4. The lowest BCUT2D eigenvalue weighted by Gasteiger charge is -2.16. The monoisotopic (exact) mass is 466 g/mol. The molecule has 1 unspecified atom stereocenters. The maximum atomic E-state index is 14.9. The standard InChI is InChI=1S/C23H23FN6O4/c1-12(31)19(25)18-10-30(23(33)34-18)15-6-7-16(17(24)8-15)14-4-2-13(3-5-14)9-27-22-20(21(26)32)28-11-29-22/h2-8,11,18-19,27H,9-10,25H2,1H3,(H2,26,32)(H,28,29)/t18?,19-/m1/s1. The molecule has 0 radical (unpaired) electrons. The highest BCUT2D eigenvalue weighted by molar-refractivity contribution is 5.95. The Labute approximate surface area is 194 Å². The Kier molecular flexibility index (Phi) is 6.28. The number of imidazole rings is 1. The molecule has 2 aromatic carbocycles. The fourth-order valence-electron chi connectivity index (χ4n) is 3.65. The summed E-state index contributed by atoms with van der Waals surface area (Å²) < 4.78 is 20.1. The maximum absolute atomic E-state index is 14.9. The first kappa shape index (κ1) is 22.9. The van der Waals surface area contributed by atoms with E-state index in [0.29, 0.717) is 29.2 Å².